The van der Waals surface area contributed by atoms with Gasteiger partial charge in [-0.2, -0.15) is 0 Å². The van der Waals surface area contributed by atoms with E-state index >= 15 is 0 Å². The lowest BCUT2D eigenvalue weighted by Gasteiger charge is -2.20. The quantitative estimate of drug-likeness (QED) is 0.803. The highest BCUT2D eigenvalue weighted by Gasteiger charge is 2.37. The van der Waals surface area contributed by atoms with Crippen LogP contribution < -0.4 is 5.32 Å². The van der Waals surface area contributed by atoms with Crippen molar-refractivity contribution < 1.29 is 14.7 Å². The van der Waals surface area contributed by atoms with Crippen LogP contribution in [0.4, 0.5) is 0 Å². The highest BCUT2D eigenvalue weighted by molar-refractivity contribution is 5.84. The van der Waals surface area contributed by atoms with Crippen LogP contribution in [0.1, 0.15) is 44.1 Å². The van der Waals surface area contributed by atoms with Crippen LogP contribution in [-0.4, -0.2) is 23.0 Å². The summed E-state index contributed by atoms with van der Waals surface area (Å²) in [5.41, 5.74) is 1.05. The van der Waals surface area contributed by atoms with E-state index in [1.54, 1.807) is 0 Å². The molecule has 0 heterocycles. The molecule has 4 nitrogen and oxygen atoms in total. The number of carbonyl (C=O) groups excluding carboxylic acids is 1. The fraction of sp³-hybridized carbons (Fsp3) is 0.500. The van der Waals surface area contributed by atoms with Crippen LogP contribution in [0, 0.1) is 5.92 Å². The van der Waals surface area contributed by atoms with E-state index in [4.69, 9.17) is 5.11 Å². The van der Waals surface area contributed by atoms with Crippen LogP contribution >= 0.6 is 0 Å². The third-order valence-corrected chi connectivity index (χ3v) is 3.71. The van der Waals surface area contributed by atoms with Crippen LogP contribution in [-0.2, 0) is 9.59 Å². The Balaban J connectivity index is 1.96. The molecule has 0 radical (unpaired) electrons. The van der Waals surface area contributed by atoms with E-state index < -0.39 is 5.97 Å². The Kier molecular flexibility index (Phi) is 4.77. The molecule has 108 valence electrons. The highest BCUT2D eigenvalue weighted by atomic mass is 16.4. The van der Waals surface area contributed by atoms with Gasteiger partial charge < -0.3 is 10.4 Å². The van der Waals surface area contributed by atoms with E-state index in [-0.39, 0.29) is 24.3 Å². The number of hydrogen-bond donors (Lipinski definition) is 2. The molecule has 0 bridgehead atoms. The minimum absolute atomic E-state index is 0.0246. The number of carboxylic acids is 1. The number of carboxylic acid groups (broad SMARTS) is 1. The second-order valence-corrected chi connectivity index (χ2v) is 5.57. The molecular formula is C16H21NO3. The molecule has 4 heteroatoms. The van der Waals surface area contributed by atoms with E-state index in [2.05, 4.69) is 5.32 Å². The molecule has 1 amide bonds. The minimum atomic E-state index is -0.826. The van der Waals surface area contributed by atoms with Gasteiger partial charge in [0.25, 0.3) is 0 Å². The standard InChI is InChI=1S/C16H21NO3/c1-11(7-10-14(18)19)17-16(20)15(13-8-9-13)12-5-3-2-4-6-12/h2-6,11,13,15H,7-10H2,1H3,(H,17,20)(H,18,19). The first-order valence-corrected chi connectivity index (χ1v) is 7.15. The van der Waals surface area contributed by atoms with Crippen LogP contribution in [0.5, 0.6) is 0 Å². The van der Waals surface area contributed by atoms with Crippen molar-refractivity contribution in [1.82, 2.24) is 5.32 Å². The normalized spacial score (nSPS) is 17.2. The fourth-order valence-electron chi connectivity index (χ4n) is 2.47. The Hall–Kier alpha value is -1.84. The van der Waals surface area contributed by atoms with Crippen molar-refractivity contribution in [2.75, 3.05) is 0 Å². The fourth-order valence-corrected chi connectivity index (χ4v) is 2.47. The molecule has 1 aliphatic rings. The first-order chi connectivity index (χ1) is 9.58. The number of hydrogen-bond acceptors (Lipinski definition) is 2. The van der Waals surface area contributed by atoms with E-state index in [1.165, 1.54) is 0 Å². The second-order valence-electron chi connectivity index (χ2n) is 5.57. The lowest BCUT2D eigenvalue weighted by molar-refractivity contribution is -0.137. The molecule has 1 aliphatic carbocycles. The average Bonchev–Trinajstić information content (AvgIpc) is 3.22. The minimum Gasteiger partial charge on any atom is -0.481 e. The Morgan fingerprint density at radius 3 is 2.50 bits per heavy atom. The topological polar surface area (TPSA) is 66.4 Å². The predicted octanol–water partition coefficient (Wildman–Crippen LogP) is 2.55. The molecule has 1 aromatic rings. The van der Waals surface area contributed by atoms with Crippen molar-refractivity contribution in [3.63, 3.8) is 0 Å². The number of amides is 1. The van der Waals surface area contributed by atoms with E-state index in [1.807, 2.05) is 37.3 Å². The lowest BCUT2D eigenvalue weighted by Crippen LogP contribution is -2.37. The molecule has 2 rings (SSSR count). The van der Waals surface area contributed by atoms with Gasteiger partial charge in [0.15, 0.2) is 0 Å². The second kappa shape index (κ2) is 6.55. The van der Waals surface area contributed by atoms with Gasteiger partial charge in [0.05, 0.1) is 5.92 Å². The van der Waals surface area contributed by atoms with Gasteiger partial charge in [-0.15, -0.1) is 0 Å². The van der Waals surface area contributed by atoms with Gasteiger partial charge in [0.2, 0.25) is 5.91 Å². The summed E-state index contributed by atoms with van der Waals surface area (Å²) in [5.74, 6) is -0.461. The lowest BCUT2D eigenvalue weighted by atomic mass is 9.93. The van der Waals surface area contributed by atoms with Crippen molar-refractivity contribution in [3.05, 3.63) is 35.9 Å². The zero-order chi connectivity index (χ0) is 14.5. The molecule has 2 N–H and O–H groups in total. The molecule has 1 saturated carbocycles. The number of carbonyl (C=O) groups is 2. The number of benzene rings is 1. The maximum absolute atomic E-state index is 12.4. The molecule has 0 spiro atoms. The summed E-state index contributed by atoms with van der Waals surface area (Å²) >= 11 is 0. The first kappa shape index (κ1) is 14.6. The Bertz CT molecular complexity index is 468. The molecule has 0 aliphatic heterocycles. The van der Waals surface area contributed by atoms with Gasteiger partial charge in [0.1, 0.15) is 0 Å². The van der Waals surface area contributed by atoms with Gasteiger partial charge >= 0.3 is 5.97 Å². The van der Waals surface area contributed by atoms with Gasteiger partial charge in [0, 0.05) is 12.5 Å². The zero-order valence-electron chi connectivity index (χ0n) is 11.7. The molecule has 20 heavy (non-hydrogen) atoms. The monoisotopic (exact) mass is 275 g/mol. The Morgan fingerprint density at radius 2 is 1.95 bits per heavy atom. The van der Waals surface area contributed by atoms with E-state index in [0.29, 0.717) is 12.3 Å². The Morgan fingerprint density at radius 1 is 1.30 bits per heavy atom. The molecule has 2 unspecified atom stereocenters. The molecular weight excluding hydrogens is 254 g/mol. The predicted molar refractivity (Wildman–Crippen MR) is 76.4 cm³/mol. The summed E-state index contributed by atoms with van der Waals surface area (Å²) in [5, 5.41) is 11.6. The summed E-state index contributed by atoms with van der Waals surface area (Å²) in [6.07, 6.45) is 2.74. The SMILES string of the molecule is CC(CCC(=O)O)NC(=O)C(c1ccccc1)C1CC1. The van der Waals surface area contributed by atoms with Gasteiger partial charge in [-0.1, -0.05) is 30.3 Å². The summed E-state index contributed by atoms with van der Waals surface area (Å²) in [4.78, 5) is 23.0. The van der Waals surface area contributed by atoms with E-state index in [9.17, 15) is 9.59 Å². The maximum Gasteiger partial charge on any atom is 0.303 e. The summed E-state index contributed by atoms with van der Waals surface area (Å²) in [6, 6.07) is 9.72. The summed E-state index contributed by atoms with van der Waals surface area (Å²) in [7, 11) is 0. The maximum atomic E-state index is 12.4. The zero-order valence-corrected chi connectivity index (χ0v) is 11.7. The molecule has 2 atom stereocenters. The van der Waals surface area contributed by atoms with Crippen LogP contribution in [0.25, 0.3) is 0 Å². The van der Waals surface area contributed by atoms with Crippen molar-refractivity contribution in [2.24, 2.45) is 5.92 Å². The van der Waals surface area contributed by atoms with Crippen molar-refractivity contribution >= 4 is 11.9 Å². The van der Waals surface area contributed by atoms with Gasteiger partial charge in [-0.25, -0.2) is 0 Å². The molecule has 0 saturated heterocycles. The van der Waals surface area contributed by atoms with Crippen LogP contribution in [0.3, 0.4) is 0 Å². The third kappa shape index (κ3) is 4.08. The summed E-state index contributed by atoms with van der Waals surface area (Å²) in [6.45, 7) is 1.86. The summed E-state index contributed by atoms with van der Waals surface area (Å²) < 4.78 is 0. The number of nitrogens with one attached hydrogen (secondary N) is 1. The van der Waals surface area contributed by atoms with E-state index in [0.717, 1.165) is 18.4 Å². The van der Waals surface area contributed by atoms with Crippen molar-refractivity contribution in [1.29, 1.82) is 0 Å². The Labute approximate surface area is 119 Å². The average molecular weight is 275 g/mol. The first-order valence-electron chi connectivity index (χ1n) is 7.15. The number of aliphatic carboxylic acids is 1. The smallest absolute Gasteiger partial charge is 0.303 e. The van der Waals surface area contributed by atoms with Gasteiger partial charge in [-0.05, 0) is 37.7 Å². The van der Waals surface area contributed by atoms with Gasteiger partial charge in [-0.3, -0.25) is 9.59 Å². The molecule has 1 aromatic carbocycles. The highest BCUT2D eigenvalue weighted by Crippen LogP contribution is 2.42. The van der Waals surface area contributed by atoms with Crippen molar-refractivity contribution in [2.45, 2.75) is 44.6 Å². The van der Waals surface area contributed by atoms with Crippen molar-refractivity contribution in [3.8, 4) is 0 Å². The van der Waals surface area contributed by atoms with Crippen LogP contribution in [0.2, 0.25) is 0 Å². The third-order valence-electron chi connectivity index (χ3n) is 3.71. The van der Waals surface area contributed by atoms with Crippen LogP contribution in [0.15, 0.2) is 30.3 Å². The number of rotatable bonds is 7. The molecule has 0 aromatic heterocycles. The molecule has 1 fully saturated rings. The largest absolute Gasteiger partial charge is 0.481 e.